The summed E-state index contributed by atoms with van der Waals surface area (Å²) in [5.41, 5.74) is 10.6. The number of hydrogen-bond acceptors (Lipinski definition) is 3. The normalized spacial score (nSPS) is 16.8. The monoisotopic (exact) mass is 205 g/mol. The highest BCUT2D eigenvalue weighted by Crippen LogP contribution is 2.26. The van der Waals surface area contributed by atoms with E-state index in [1.807, 2.05) is 6.07 Å². The SMILES string of the molecule is Cc1cc(N)c(C)c(N2CCNCC2)c1. The van der Waals surface area contributed by atoms with Crippen molar-refractivity contribution in [3.05, 3.63) is 23.3 Å². The molecule has 0 saturated carbocycles. The molecule has 3 nitrogen and oxygen atoms in total. The smallest absolute Gasteiger partial charge is 0.0420 e. The van der Waals surface area contributed by atoms with E-state index in [0.717, 1.165) is 31.9 Å². The minimum absolute atomic E-state index is 0.906. The lowest BCUT2D eigenvalue weighted by molar-refractivity contribution is 0.588. The molecular formula is C12H19N3. The minimum atomic E-state index is 0.906. The summed E-state index contributed by atoms with van der Waals surface area (Å²) in [6.45, 7) is 8.47. The third-order valence-corrected chi connectivity index (χ3v) is 3.02. The zero-order valence-corrected chi connectivity index (χ0v) is 9.51. The van der Waals surface area contributed by atoms with E-state index >= 15 is 0 Å². The van der Waals surface area contributed by atoms with Crippen molar-refractivity contribution < 1.29 is 0 Å². The van der Waals surface area contributed by atoms with E-state index in [-0.39, 0.29) is 0 Å². The van der Waals surface area contributed by atoms with Gasteiger partial charge in [-0.3, -0.25) is 0 Å². The molecule has 0 atom stereocenters. The second kappa shape index (κ2) is 4.11. The average Bonchev–Trinajstić information content (AvgIpc) is 2.24. The van der Waals surface area contributed by atoms with E-state index in [1.165, 1.54) is 16.8 Å². The van der Waals surface area contributed by atoms with Gasteiger partial charge in [-0.05, 0) is 37.1 Å². The minimum Gasteiger partial charge on any atom is -0.398 e. The third kappa shape index (κ3) is 2.07. The van der Waals surface area contributed by atoms with E-state index in [0.29, 0.717) is 0 Å². The highest BCUT2D eigenvalue weighted by Gasteiger charge is 2.13. The number of nitrogen functional groups attached to an aromatic ring is 1. The number of nitrogens with zero attached hydrogens (tertiary/aromatic N) is 1. The van der Waals surface area contributed by atoms with Crippen molar-refractivity contribution in [1.29, 1.82) is 0 Å². The first-order chi connectivity index (χ1) is 7.18. The molecular weight excluding hydrogens is 186 g/mol. The lowest BCUT2D eigenvalue weighted by atomic mass is 10.1. The van der Waals surface area contributed by atoms with Crippen LogP contribution < -0.4 is 16.0 Å². The number of aryl methyl sites for hydroxylation is 1. The van der Waals surface area contributed by atoms with E-state index in [2.05, 4.69) is 30.1 Å². The molecule has 1 aliphatic rings. The van der Waals surface area contributed by atoms with Crippen molar-refractivity contribution >= 4 is 11.4 Å². The Morgan fingerprint density at radius 2 is 1.87 bits per heavy atom. The molecule has 1 heterocycles. The van der Waals surface area contributed by atoms with Crippen LogP contribution in [0.15, 0.2) is 12.1 Å². The first-order valence-corrected chi connectivity index (χ1v) is 5.51. The lowest BCUT2D eigenvalue weighted by Gasteiger charge is -2.31. The Balaban J connectivity index is 2.33. The van der Waals surface area contributed by atoms with Gasteiger partial charge in [-0.2, -0.15) is 0 Å². The van der Waals surface area contributed by atoms with Crippen molar-refractivity contribution in [3.8, 4) is 0 Å². The maximum Gasteiger partial charge on any atom is 0.0420 e. The fourth-order valence-electron chi connectivity index (χ4n) is 2.10. The zero-order chi connectivity index (χ0) is 10.8. The molecule has 1 aromatic carbocycles. The molecule has 0 unspecified atom stereocenters. The van der Waals surface area contributed by atoms with Gasteiger partial charge in [0.2, 0.25) is 0 Å². The summed E-state index contributed by atoms with van der Waals surface area (Å²) in [6, 6.07) is 4.28. The van der Waals surface area contributed by atoms with Gasteiger partial charge >= 0.3 is 0 Å². The van der Waals surface area contributed by atoms with Crippen molar-refractivity contribution in [2.24, 2.45) is 0 Å². The summed E-state index contributed by atoms with van der Waals surface area (Å²) in [5, 5.41) is 3.36. The zero-order valence-electron chi connectivity index (χ0n) is 9.51. The molecule has 1 fully saturated rings. The molecule has 0 amide bonds. The predicted molar refractivity (Wildman–Crippen MR) is 65.4 cm³/mol. The summed E-state index contributed by atoms with van der Waals surface area (Å²) < 4.78 is 0. The molecule has 3 heteroatoms. The van der Waals surface area contributed by atoms with Crippen LogP contribution in [0.1, 0.15) is 11.1 Å². The molecule has 0 spiro atoms. The maximum atomic E-state index is 5.99. The first kappa shape index (κ1) is 10.3. The van der Waals surface area contributed by atoms with Gasteiger partial charge in [0.25, 0.3) is 0 Å². The second-order valence-corrected chi connectivity index (χ2v) is 4.24. The van der Waals surface area contributed by atoms with Crippen LogP contribution in [0.3, 0.4) is 0 Å². The van der Waals surface area contributed by atoms with Crippen LogP contribution in [-0.2, 0) is 0 Å². The predicted octanol–water partition coefficient (Wildman–Crippen LogP) is 1.30. The number of rotatable bonds is 1. The Morgan fingerprint density at radius 1 is 1.20 bits per heavy atom. The summed E-state index contributed by atoms with van der Waals surface area (Å²) in [5.74, 6) is 0. The summed E-state index contributed by atoms with van der Waals surface area (Å²) in [4.78, 5) is 2.41. The number of anilines is 2. The van der Waals surface area contributed by atoms with Crippen LogP contribution in [0, 0.1) is 13.8 Å². The van der Waals surface area contributed by atoms with Gasteiger partial charge < -0.3 is 16.0 Å². The Kier molecular flexibility index (Phi) is 2.82. The Bertz CT molecular complexity index is 354. The molecule has 0 aromatic heterocycles. The molecule has 1 saturated heterocycles. The van der Waals surface area contributed by atoms with Crippen LogP contribution in [0.2, 0.25) is 0 Å². The molecule has 82 valence electrons. The van der Waals surface area contributed by atoms with Gasteiger partial charge in [0.15, 0.2) is 0 Å². The van der Waals surface area contributed by atoms with Crippen molar-refractivity contribution in [1.82, 2.24) is 5.32 Å². The van der Waals surface area contributed by atoms with Crippen LogP contribution in [0.5, 0.6) is 0 Å². The van der Waals surface area contributed by atoms with Gasteiger partial charge in [0, 0.05) is 37.6 Å². The van der Waals surface area contributed by atoms with Gasteiger partial charge in [-0.15, -0.1) is 0 Å². The molecule has 2 rings (SSSR count). The van der Waals surface area contributed by atoms with E-state index in [9.17, 15) is 0 Å². The van der Waals surface area contributed by atoms with Crippen molar-refractivity contribution in [2.45, 2.75) is 13.8 Å². The molecule has 0 aliphatic carbocycles. The van der Waals surface area contributed by atoms with Crippen LogP contribution in [0.25, 0.3) is 0 Å². The molecule has 0 radical (unpaired) electrons. The van der Waals surface area contributed by atoms with Crippen molar-refractivity contribution in [3.63, 3.8) is 0 Å². The quantitative estimate of drug-likeness (QED) is 0.679. The van der Waals surface area contributed by atoms with Crippen LogP contribution in [-0.4, -0.2) is 26.2 Å². The van der Waals surface area contributed by atoms with Gasteiger partial charge in [-0.1, -0.05) is 0 Å². The van der Waals surface area contributed by atoms with Gasteiger partial charge in [0.05, 0.1) is 0 Å². The second-order valence-electron chi connectivity index (χ2n) is 4.24. The van der Waals surface area contributed by atoms with E-state index in [1.54, 1.807) is 0 Å². The molecule has 1 aromatic rings. The standard InChI is InChI=1S/C12H19N3/c1-9-7-11(13)10(2)12(8-9)15-5-3-14-4-6-15/h7-8,14H,3-6,13H2,1-2H3. The molecule has 3 N–H and O–H groups in total. The number of nitrogens with two attached hydrogens (primary N) is 1. The third-order valence-electron chi connectivity index (χ3n) is 3.02. The number of nitrogens with one attached hydrogen (secondary N) is 1. The lowest BCUT2D eigenvalue weighted by Crippen LogP contribution is -2.43. The highest BCUT2D eigenvalue weighted by molar-refractivity contribution is 5.66. The Labute approximate surface area is 91.3 Å². The summed E-state index contributed by atoms with van der Waals surface area (Å²) in [7, 11) is 0. The average molecular weight is 205 g/mol. The molecule has 0 bridgehead atoms. The number of hydrogen-bond donors (Lipinski definition) is 2. The largest absolute Gasteiger partial charge is 0.398 e. The maximum absolute atomic E-state index is 5.99. The fourth-order valence-corrected chi connectivity index (χ4v) is 2.10. The van der Waals surface area contributed by atoms with E-state index in [4.69, 9.17) is 5.73 Å². The summed E-state index contributed by atoms with van der Waals surface area (Å²) in [6.07, 6.45) is 0. The van der Waals surface area contributed by atoms with Gasteiger partial charge in [0.1, 0.15) is 0 Å². The highest BCUT2D eigenvalue weighted by atomic mass is 15.2. The molecule has 1 aliphatic heterocycles. The number of benzene rings is 1. The van der Waals surface area contributed by atoms with E-state index < -0.39 is 0 Å². The number of piperazine rings is 1. The van der Waals surface area contributed by atoms with Crippen LogP contribution >= 0.6 is 0 Å². The topological polar surface area (TPSA) is 41.3 Å². The fraction of sp³-hybridized carbons (Fsp3) is 0.500. The first-order valence-electron chi connectivity index (χ1n) is 5.51. The Hall–Kier alpha value is -1.22. The Morgan fingerprint density at radius 3 is 2.53 bits per heavy atom. The molecule has 15 heavy (non-hydrogen) atoms. The van der Waals surface area contributed by atoms with Crippen LogP contribution in [0.4, 0.5) is 11.4 Å². The van der Waals surface area contributed by atoms with Crippen molar-refractivity contribution in [2.75, 3.05) is 36.8 Å². The summed E-state index contributed by atoms with van der Waals surface area (Å²) >= 11 is 0. The van der Waals surface area contributed by atoms with Gasteiger partial charge in [-0.25, -0.2) is 0 Å².